The summed E-state index contributed by atoms with van der Waals surface area (Å²) in [7, 11) is 1.78. The molecule has 4 fully saturated rings. The van der Waals surface area contributed by atoms with Crippen LogP contribution in [0.5, 0.6) is 0 Å². The summed E-state index contributed by atoms with van der Waals surface area (Å²) in [4.78, 5) is 26.9. The molecule has 0 aromatic carbocycles. The minimum absolute atomic E-state index is 0.0323. The van der Waals surface area contributed by atoms with Crippen molar-refractivity contribution in [2.24, 2.45) is 23.2 Å². The van der Waals surface area contributed by atoms with E-state index in [1.165, 1.54) is 19.3 Å². The molecule has 0 aliphatic heterocycles. The van der Waals surface area contributed by atoms with Crippen molar-refractivity contribution in [2.75, 3.05) is 13.6 Å². The Kier molecular flexibility index (Phi) is 4.57. The first-order valence-corrected chi connectivity index (χ1v) is 10.0. The van der Waals surface area contributed by atoms with E-state index in [-0.39, 0.29) is 17.2 Å². The number of rotatable bonds is 6. The first-order chi connectivity index (χ1) is 12.4. The van der Waals surface area contributed by atoms with E-state index in [0.717, 1.165) is 48.5 Å². The van der Waals surface area contributed by atoms with Crippen LogP contribution < -0.4 is 5.32 Å². The van der Waals surface area contributed by atoms with Crippen LogP contribution in [0.2, 0.25) is 0 Å². The lowest BCUT2D eigenvalue weighted by molar-refractivity contribution is -0.146. The summed E-state index contributed by atoms with van der Waals surface area (Å²) in [5.74, 6) is 4.16. The van der Waals surface area contributed by atoms with E-state index in [2.05, 4.69) is 5.32 Å². The van der Waals surface area contributed by atoms with Crippen LogP contribution in [0.15, 0.2) is 16.5 Å². The third kappa shape index (κ3) is 3.40. The maximum absolute atomic E-state index is 12.9. The van der Waals surface area contributed by atoms with Gasteiger partial charge in [-0.05, 0) is 75.3 Å². The average Bonchev–Trinajstić information content (AvgIpc) is 2.98. The highest BCUT2D eigenvalue weighted by atomic mass is 16.3. The fraction of sp³-hybridized carbons (Fsp3) is 0.714. The van der Waals surface area contributed by atoms with Crippen molar-refractivity contribution in [3.63, 3.8) is 0 Å². The molecule has 1 aromatic rings. The lowest BCUT2D eigenvalue weighted by atomic mass is 9.49. The number of furan rings is 1. The SMILES string of the molecule is Cc1ccc(CN(C)C(=O)CCNC(=O)C23CC4CC(CC(C4)C2)C3)o1. The molecule has 1 heterocycles. The van der Waals surface area contributed by atoms with Gasteiger partial charge in [0.25, 0.3) is 0 Å². The zero-order valence-electron chi connectivity index (χ0n) is 15.9. The van der Waals surface area contributed by atoms with E-state index in [9.17, 15) is 9.59 Å². The molecule has 142 valence electrons. The highest BCUT2D eigenvalue weighted by molar-refractivity contribution is 5.84. The van der Waals surface area contributed by atoms with Crippen molar-refractivity contribution in [2.45, 2.75) is 58.4 Å². The van der Waals surface area contributed by atoms with Gasteiger partial charge in [0.15, 0.2) is 0 Å². The van der Waals surface area contributed by atoms with Crippen LogP contribution in [0.4, 0.5) is 0 Å². The van der Waals surface area contributed by atoms with Crippen molar-refractivity contribution < 1.29 is 14.0 Å². The topological polar surface area (TPSA) is 62.6 Å². The molecule has 2 amide bonds. The molecule has 0 spiro atoms. The first-order valence-electron chi connectivity index (χ1n) is 10.0. The second-order valence-electron chi connectivity index (χ2n) is 8.97. The molecule has 0 saturated heterocycles. The zero-order chi connectivity index (χ0) is 18.3. The Hall–Kier alpha value is -1.78. The van der Waals surface area contributed by atoms with Crippen LogP contribution in [0.3, 0.4) is 0 Å². The maximum atomic E-state index is 12.9. The van der Waals surface area contributed by atoms with Gasteiger partial charge in [-0.25, -0.2) is 0 Å². The molecule has 4 aliphatic rings. The summed E-state index contributed by atoms with van der Waals surface area (Å²) in [5, 5.41) is 3.08. The number of carbonyl (C=O) groups excluding carboxylic acids is 2. The molecule has 0 atom stereocenters. The third-order valence-electron chi connectivity index (χ3n) is 6.76. The van der Waals surface area contributed by atoms with Crippen molar-refractivity contribution in [3.8, 4) is 0 Å². The van der Waals surface area contributed by atoms with Gasteiger partial charge in [-0.2, -0.15) is 0 Å². The quantitative estimate of drug-likeness (QED) is 0.849. The van der Waals surface area contributed by atoms with Crippen molar-refractivity contribution >= 4 is 11.8 Å². The molecular formula is C21H30N2O3. The van der Waals surface area contributed by atoms with Crippen LogP contribution in [0.1, 0.15) is 56.5 Å². The van der Waals surface area contributed by atoms with E-state index in [0.29, 0.717) is 19.5 Å². The molecule has 5 heteroatoms. The molecular weight excluding hydrogens is 328 g/mol. The van der Waals surface area contributed by atoms with E-state index < -0.39 is 0 Å². The smallest absolute Gasteiger partial charge is 0.226 e. The molecule has 5 nitrogen and oxygen atoms in total. The van der Waals surface area contributed by atoms with Gasteiger partial charge < -0.3 is 14.6 Å². The Labute approximate surface area is 155 Å². The molecule has 0 unspecified atom stereocenters. The monoisotopic (exact) mass is 358 g/mol. The summed E-state index contributed by atoms with van der Waals surface area (Å²) >= 11 is 0. The van der Waals surface area contributed by atoms with Gasteiger partial charge >= 0.3 is 0 Å². The summed E-state index contributed by atoms with van der Waals surface area (Å²) in [6, 6.07) is 3.80. The number of hydrogen-bond donors (Lipinski definition) is 1. The maximum Gasteiger partial charge on any atom is 0.226 e. The fourth-order valence-electron chi connectivity index (χ4n) is 5.94. The Bertz CT molecular complexity index is 658. The molecule has 4 aliphatic carbocycles. The molecule has 5 rings (SSSR count). The largest absolute Gasteiger partial charge is 0.464 e. The third-order valence-corrected chi connectivity index (χ3v) is 6.76. The molecule has 1 aromatic heterocycles. The van der Waals surface area contributed by atoms with E-state index in [1.807, 2.05) is 19.1 Å². The number of hydrogen-bond acceptors (Lipinski definition) is 3. The van der Waals surface area contributed by atoms with Gasteiger partial charge in [0.2, 0.25) is 11.8 Å². The van der Waals surface area contributed by atoms with Crippen LogP contribution in [0, 0.1) is 30.1 Å². The normalized spacial score (nSPS) is 31.8. The Morgan fingerprint density at radius 3 is 2.31 bits per heavy atom. The van der Waals surface area contributed by atoms with Gasteiger partial charge in [0.05, 0.1) is 6.54 Å². The summed E-state index contributed by atoms with van der Waals surface area (Å²) in [6.07, 6.45) is 7.55. The molecule has 0 radical (unpaired) electrons. The number of nitrogens with one attached hydrogen (secondary N) is 1. The Morgan fingerprint density at radius 1 is 1.15 bits per heavy atom. The Balaban J connectivity index is 1.25. The number of carbonyl (C=O) groups is 2. The average molecular weight is 358 g/mol. The molecule has 26 heavy (non-hydrogen) atoms. The van der Waals surface area contributed by atoms with Crippen LogP contribution in [-0.4, -0.2) is 30.3 Å². The highest BCUT2D eigenvalue weighted by Gasteiger charge is 2.54. The molecule has 4 saturated carbocycles. The number of aryl methyl sites for hydroxylation is 1. The summed E-state index contributed by atoms with van der Waals surface area (Å²) in [6.45, 7) is 2.79. The highest BCUT2D eigenvalue weighted by Crippen LogP contribution is 2.60. The standard InChI is InChI=1S/C21H30N2O3/c1-14-3-4-18(26-14)13-23(2)19(24)5-6-22-20(25)21-10-15-7-16(11-21)9-17(8-15)12-21/h3-4,15-17H,5-13H2,1-2H3,(H,22,25). The summed E-state index contributed by atoms with van der Waals surface area (Å²) in [5.41, 5.74) is -0.130. The van der Waals surface area contributed by atoms with Gasteiger partial charge in [0, 0.05) is 25.4 Å². The molecule has 4 bridgehead atoms. The van der Waals surface area contributed by atoms with Crippen molar-refractivity contribution in [3.05, 3.63) is 23.7 Å². The minimum Gasteiger partial charge on any atom is -0.464 e. The predicted octanol–water partition coefficient (Wildman–Crippen LogP) is 3.27. The minimum atomic E-state index is -0.130. The van der Waals surface area contributed by atoms with Crippen LogP contribution >= 0.6 is 0 Å². The van der Waals surface area contributed by atoms with E-state index in [1.54, 1.807) is 11.9 Å². The lowest BCUT2D eigenvalue weighted by Crippen LogP contribution is -2.53. The zero-order valence-corrected chi connectivity index (χ0v) is 15.9. The lowest BCUT2D eigenvalue weighted by Gasteiger charge is -2.55. The van der Waals surface area contributed by atoms with Gasteiger partial charge in [-0.15, -0.1) is 0 Å². The van der Waals surface area contributed by atoms with Crippen molar-refractivity contribution in [1.29, 1.82) is 0 Å². The number of amides is 2. The predicted molar refractivity (Wildman–Crippen MR) is 98.2 cm³/mol. The van der Waals surface area contributed by atoms with Gasteiger partial charge in [0.1, 0.15) is 11.5 Å². The molecule has 1 N–H and O–H groups in total. The number of nitrogens with zero attached hydrogens (tertiary/aromatic N) is 1. The van der Waals surface area contributed by atoms with Gasteiger partial charge in [-0.3, -0.25) is 9.59 Å². The summed E-state index contributed by atoms with van der Waals surface area (Å²) < 4.78 is 5.52. The fourth-order valence-corrected chi connectivity index (χ4v) is 5.94. The first kappa shape index (κ1) is 17.6. The van der Waals surface area contributed by atoms with Crippen molar-refractivity contribution in [1.82, 2.24) is 10.2 Å². The second-order valence-corrected chi connectivity index (χ2v) is 8.97. The second kappa shape index (κ2) is 6.75. The van der Waals surface area contributed by atoms with Gasteiger partial charge in [-0.1, -0.05) is 0 Å². The van der Waals surface area contributed by atoms with Crippen LogP contribution in [0.25, 0.3) is 0 Å². The van der Waals surface area contributed by atoms with Crippen LogP contribution in [-0.2, 0) is 16.1 Å². The van der Waals surface area contributed by atoms with E-state index in [4.69, 9.17) is 4.42 Å². The van der Waals surface area contributed by atoms with E-state index >= 15 is 0 Å². The Morgan fingerprint density at radius 2 is 1.77 bits per heavy atom.